The normalized spacial score (nSPS) is 38.4. The third-order valence-corrected chi connectivity index (χ3v) is 18.1. The largest absolute Gasteiger partial charge is 0.511 e. The molecule has 8 aliphatic rings. The fourth-order valence-electron chi connectivity index (χ4n) is 12.9. The van der Waals surface area contributed by atoms with Gasteiger partial charge < -0.3 is 55.5 Å². The van der Waals surface area contributed by atoms with Gasteiger partial charge in [0.15, 0.2) is 11.6 Å². The lowest BCUT2D eigenvalue weighted by molar-refractivity contribution is -0.320. The first-order valence-electron chi connectivity index (χ1n) is 22.1. The summed E-state index contributed by atoms with van der Waals surface area (Å²) in [5.74, 6) is -1.42. The predicted octanol–water partition coefficient (Wildman–Crippen LogP) is 4.58. The first kappa shape index (κ1) is 43.0. The fraction of sp³-hybridized carbons (Fsp3) is 0.521. The highest BCUT2D eigenvalue weighted by molar-refractivity contribution is 8.76. The van der Waals surface area contributed by atoms with E-state index >= 15 is 4.79 Å². The van der Waals surface area contributed by atoms with Crippen LogP contribution in [0.15, 0.2) is 89.0 Å². The predicted molar refractivity (Wildman–Crippen MR) is 235 cm³/mol. The lowest BCUT2D eigenvalue weighted by Crippen LogP contribution is -2.69. The summed E-state index contributed by atoms with van der Waals surface area (Å²) in [5.41, 5.74) is -0.749. The maximum absolute atomic E-state index is 15.3. The molecule has 0 aromatic heterocycles. The van der Waals surface area contributed by atoms with Gasteiger partial charge in [0.2, 0.25) is 6.29 Å². The Morgan fingerprint density at radius 1 is 0.968 bits per heavy atom. The molecule has 8 N–H and O–H groups in total. The molecular weight excluding hydrogens is 845 g/mol. The number of benzene rings is 2. The maximum atomic E-state index is 15.3. The highest BCUT2D eigenvalue weighted by Crippen LogP contribution is 2.70. The number of ketones is 2. The second-order valence-corrected chi connectivity index (χ2v) is 21.5. The summed E-state index contributed by atoms with van der Waals surface area (Å²) in [4.78, 5) is 42.8. The number of allylic oxidation sites excluding steroid dienone is 6. The monoisotopic (exact) mass is 898 g/mol. The Kier molecular flexibility index (Phi) is 11.1. The minimum absolute atomic E-state index is 0.0160. The van der Waals surface area contributed by atoms with Crippen LogP contribution in [0.5, 0.6) is 5.75 Å². The van der Waals surface area contributed by atoms with E-state index in [1.54, 1.807) is 24.3 Å². The van der Waals surface area contributed by atoms with Crippen LogP contribution in [0.1, 0.15) is 83.2 Å². The van der Waals surface area contributed by atoms with Crippen LogP contribution in [0.25, 0.3) is 0 Å². The van der Waals surface area contributed by atoms with E-state index in [4.69, 9.17) is 9.47 Å². The van der Waals surface area contributed by atoms with E-state index in [1.807, 2.05) is 18.2 Å². The van der Waals surface area contributed by atoms with Crippen molar-refractivity contribution in [3.63, 3.8) is 0 Å². The number of carbonyl (C=O) groups is 3. The van der Waals surface area contributed by atoms with E-state index in [2.05, 4.69) is 16.7 Å². The van der Waals surface area contributed by atoms with Gasteiger partial charge in [-0.25, -0.2) is 0 Å². The van der Waals surface area contributed by atoms with Crippen molar-refractivity contribution in [1.29, 1.82) is 0 Å². The van der Waals surface area contributed by atoms with Crippen molar-refractivity contribution >= 4 is 39.4 Å². The summed E-state index contributed by atoms with van der Waals surface area (Å²) in [6.45, 7) is -0.324. The smallest absolute Gasteiger partial charge is 0.229 e. The zero-order chi connectivity index (χ0) is 43.9. The van der Waals surface area contributed by atoms with Gasteiger partial charge >= 0.3 is 0 Å². The Balaban J connectivity index is 1.08. The zero-order valence-corrected chi connectivity index (χ0v) is 36.5. The number of aliphatic hydroxyl groups is 6. The minimum Gasteiger partial charge on any atom is -0.511 e. The van der Waals surface area contributed by atoms with Crippen molar-refractivity contribution in [2.75, 3.05) is 24.8 Å². The van der Waals surface area contributed by atoms with Crippen LogP contribution in [0, 0.1) is 34.0 Å². The Labute approximate surface area is 373 Å². The first-order chi connectivity index (χ1) is 30.4. The summed E-state index contributed by atoms with van der Waals surface area (Å²) < 4.78 is 12.5. The molecular formula is C48H54N2O11S2. The van der Waals surface area contributed by atoms with Crippen LogP contribution >= 0.6 is 21.6 Å². The molecule has 15 heteroatoms. The quantitative estimate of drug-likeness (QED) is 0.152. The Hall–Kier alpha value is -3.93. The molecule has 6 bridgehead atoms. The molecule has 1 saturated heterocycles. The average molecular weight is 899 g/mol. The van der Waals surface area contributed by atoms with Crippen molar-refractivity contribution in [2.45, 2.75) is 94.6 Å². The third-order valence-electron chi connectivity index (χ3n) is 15.9. The molecule has 2 aromatic rings. The van der Waals surface area contributed by atoms with Gasteiger partial charge in [-0.3, -0.25) is 9.59 Å². The number of fused-ring (bicyclic) bond motifs is 2. The Morgan fingerprint density at radius 2 is 1.79 bits per heavy atom. The summed E-state index contributed by atoms with van der Waals surface area (Å²) in [6, 6.07) is 11.9. The highest BCUT2D eigenvalue weighted by atomic mass is 33.1. The number of hydrogen-bond donors (Lipinski definition) is 8. The van der Waals surface area contributed by atoms with E-state index in [1.165, 1.54) is 39.3 Å². The number of nitrogens with one attached hydrogen (secondary N) is 2. The molecule has 11 unspecified atom stereocenters. The van der Waals surface area contributed by atoms with Gasteiger partial charge in [-0.2, -0.15) is 0 Å². The van der Waals surface area contributed by atoms with Gasteiger partial charge in [-0.05, 0) is 109 Å². The van der Waals surface area contributed by atoms with Gasteiger partial charge in [-0.15, -0.1) is 0 Å². The number of Topliss-reactive ketones (excluding diaryl/α,β-unsaturated/α-hetero) is 2. The summed E-state index contributed by atoms with van der Waals surface area (Å²) in [6.07, 6.45) is 5.47. The molecule has 10 rings (SSSR count). The van der Waals surface area contributed by atoms with E-state index < -0.39 is 65.1 Å². The molecule has 3 fully saturated rings. The number of rotatable bonds is 5. The SMILES string of the molecule is O=CC1CCCC12CC1CCC3=C4C=C(NCSSCC56C(=O)c7c(cccc7C(=O)C5C=C(Cc5cccc(CO)c5)C=C6O)OC5OC(CO)C(O)C(O)(CC41C2)C5O)NC3. The molecule has 5 aliphatic carbocycles. The van der Waals surface area contributed by atoms with E-state index in [0.717, 1.165) is 67.3 Å². The molecule has 3 heterocycles. The van der Waals surface area contributed by atoms with Gasteiger partial charge in [0, 0.05) is 29.2 Å². The number of hydrogen-bond acceptors (Lipinski definition) is 15. The molecule has 2 aromatic carbocycles. The molecule has 334 valence electrons. The van der Waals surface area contributed by atoms with Gasteiger partial charge in [-0.1, -0.05) is 70.5 Å². The molecule has 11 atom stereocenters. The molecule has 3 spiro atoms. The van der Waals surface area contributed by atoms with Crippen LogP contribution in [-0.4, -0.2) is 103 Å². The number of aliphatic hydroxyl groups excluding tert-OH is 5. The summed E-state index contributed by atoms with van der Waals surface area (Å²) >= 11 is 0. The highest BCUT2D eigenvalue weighted by Gasteiger charge is 2.67. The summed E-state index contributed by atoms with van der Waals surface area (Å²) in [5, 5.41) is 77.0. The van der Waals surface area contributed by atoms with Crippen molar-refractivity contribution in [1.82, 2.24) is 10.6 Å². The van der Waals surface area contributed by atoms with Crippen molar-refractivity contribution in [3.8, 4) is 5.75 Å². The molecule has 63 heavy (non-hydrogen) atoms. The Morgan fingerprint density at radius 3 is 2.60 bits per heavy atom. The van der Waals surface area contributed by atoms with Crippen LogP contribution in [-0.2, 0) is 22.6 Å². The van der Waals surface area contributed by atoms with Crippen molar-refractivity contribution in [2.24, 2.45) is 34.0 Å². The third kappa shape index (κ3) is 6.70. The van der Waals surface area contributed by atoms with Crippen LogP contribution < -0.4 is 15.4 Å². The zero-order valence-electron chi connectivity index (χ0n) is 34.8. The standard InChI is InChI=1S/C48H54N2O11S2/c51-19-27-5-1-4-26(12-27)13-28-14-34-40(55)32-7-2-8-35-39(32)42(57)47(34,37(54)15-28)24-62-63-25-50-38-16-33-29(18-49-38)9-10-30-17-45(11-3-6-31(45)20-52)22-46(30,33)23-48(59)41(56)36(21-53)61-44(60-35)43(48)58/h1-2,4-5,7-8,12,14-16,20,30-31,34,36,41,43-44,49-51,53-54,56,58-59H,3,6,9-11,13,17-19,21-25H2. The summed E-state index contributed by atoms with van der Waals surface area (Å²) in [7, 11) is 2.80. The molecule has 3 aliphatic heterocycles. The van der Waals surface area contributed by atoms with Gasteiger partial charge in [0.1, 0.15) is 47.1 Å². The maximum Gasteiger partial charge on any atom is 0.229 e. The molecule has 0 radical (unpaired) electrons. The van der Waals surface area contributed by atoms with Gasteiger partial charge in [0.05, 0.1) is 36.4 Å². The first-order valence-corrected chi connectivity index (χ1v) is 24.5. The molecule has 2 saturated carbocycles. The van der Waals surface area contributed by atoms with Crippen molar-refractivity contribution < 1.29 is 54.5 Å². The topological polar surface area (TPSA) is 215 Å². The average Bonchev–Trinajstić information content (AvgIpc) is 3.84. The van der Waals surface area contributed by atoms with Crippen molar-refractivity contribution in [3.05, 3.63) is 111 Å². The number of dihydropyridines is 1. The van der Waals surface area contributed by atoms with Crippen LogP contribution in [0.3, 0.4) is 0 Å². The molecule has 0 amide bonds. The number of ether oxygens (including phenoxy) is 2. The number of carbonyl (C=O) groups excluding carboxylic acids is 3. The van der Waals surface area contributed by atoms with E-state index in [9.17, 15) is 40.2 Å². The number of aldehydes is 1. The van der Waals surface area contributed by atoms with Crippen LogP contribution in [0.2, 0.25) is 0 Å². The van der Waals surface area contributed by atoms with E-state index in [-0.39, 0.29) is 58.7 Å². The minimum atomic E-state index is -2.31. The Bertz CT molecular complexity index is 2370. The van der Waals surface area contributed by atoms with Gasteiger partial charge in [0.25, 0.3) is 0 Å². The second kappa shape index (κ2) is 16.2. The van der Waals surface area contributed by atoms with E-state index in [0.29, 0.717) is 30.8 Å². The lowest BCUT2D eigenvalue weighted by atomic mass is 9.57. The van der Waals surface area contributed by atoms with Crippen LogP contribution in [0.4, 0.5) is 0 Å². The molecule has 13 nitrogen and oxygen atoms in total. The fourth-order valence-corrected chi connectivity index (χ4v) is 15.1. The second-order valence-electron chi connectivity index (χ2n) is 19.0. The lowest BCUT2D eigenvalue weighted by Gasteiger charge is -2.54.